The molecule has 2 aromatic carbocycles. The molecule has 0 bridgehead atoms. The zero-order valence-electron chi connectivity index (χ0n) is 18.0. The third-order valence-corrected chi connectivity index (χ3v) is 6.77. The summed E-state index contributed by atoms with van der Waals surface area (Å²) in [5, 5.41) is 0.739. The van der Waals surface area contributed by atoms with E-state index in [-0.39, 0.29) is 17.7 Å². The van der Waals surface area contributed by atoms with Crippen LogP contribution in [0.2, 0.25) is 0 Å². The molecule has 2 heterocycles. The van der Waals surface area contributed by atoms with E-state index in [1.54, 1.807) is 11.8 Å². The molecule has 1 aliphatic rings. The average Bonchev–Trinajstić information content (AvgIpc) is 3.24. The predicted octanol–water partition coefficient (Wildman–Crippen LogP) is 3.57. The number of rotatable bonds is 4. The third-order valence-electron chi connectivity index (χ3n) is 5.57. The van der Waals surface area contributed by atoms with Gasteiger partial charge in [0.05, 0.1) is 5.69 Å². The molecule has 7 nitrogen and oxygen atoms in total. The van der Waals surface area contributed by atoms with Crippen LogP contribution in [0, 0.1) is 18.7 Å². The molecule has 1 fully saturated rings. The van der Waals surface area contributed by atoms with Gasteiger partial charge in [-0.1, -0.05) is 30.3 Å². The Hall–Kier alpha value is -3.59. The summed E-state index contributed by atoms with van der Waals surface area (Å²) in [6.07, 6.45) is 0.957. The Labute approximate surface area is 194 Å². The molecule has 4 rings (SSSR count). The largest absolute Gasteiger partial charge is 0.339 e. The maximum atomic E-state index is 13.1. The van der Waals surface area contributed by atoms with Crippen LogP contribution < -0.4 is 10.9 Å². The van der Waals surface area contributed by atoms with Gasteiger partial charge in [0.15, 0.2) is 0 Å². The van der Waals surface area contributed by atoms with Crippen molar-refractivity contribution in [3.05, 3.63) is 76.5 Å². The molecule has 0 aliphatic carbocycles. The van der Waals surface area contributed by atoms with E-state index in [9.17, 15) is 18.8 Å². The van der Waals surface area contributed by atoms with Crippen LogP contribution in [-0.2, 0) is 4.79 Å². The van der Waals surface area contributed by atoms with Crippen molar-refractivity contribution in [2.45, 2.75) is 19.8 Å². The first-order valence-corrected chi connectivity index (χ1v) is 11.4. The fraction of sp³-hybridized carbons (Fsp3) is 0.250. The Balaban J connectivity index is 1.28. The molecular formula is C24H23FN4O3S. The summed E-state index contributed by atoms with van der Waals surface area (Å²) in [5.74, 6) is -1.59. The van der Waals surface area contributed by atoms with E-state index >= 15 is 0 Å². The Morgan fingerprint density at radius 2 is 1.67 bits per heavy atom. The van der Waals surface area contributed by atoms with Crippen LogP contribution in [0.3, 0.4) is 0 Å². The van der Waals surface area contributed by atoms with Gasteiger partial charge in [0.2, 0.25) is 5.91 Å². The van der Waals surface area contributed by atoms with Crippen LogP contribution in [-0.4, -0.2) is 40.7 Å². The molecule has 1 aromatic heterocycles. The van der Waals surface area contributed by atoms with Crippen LogP contribution in [0.1, 0.15) is 38.6 Å². The zero-order valence-corrected chi connectivity index (χ0v) is 18.8. The van der Waals surface area contributed by atoms with Crippen molar-refractivity contribution in [2.75, 3.05) is 13.1 Å². The topological polar surface area (TPSA) is 91.4 Å². The minimum Gasteiger partial charge on any atom is -0.339 e. The Morgan fingerprint density at radius 3 is 2.33 bits per heavy atom. The SMILES string of the molecule is Cc1nc(-c2ccccc2)sc1C(=O)NNC(=O)C1CCN(C(=O)c2ccc(F)cc2)CC1. The van der Waals surface area contributed by atoms with Crippen molar-refractivity contribution in [1.82, 2.24) is 20.7 Å². The molecule has 0 spiro atoms. The third kappa shape index (κ3) is 5.25. The number of hydrogen-bond donors (Lipinski definition) is 2. The first-order chi connectivity index (χ1) is 15.9. The lowest BCUT2D eigenvalue weighted by Crippen LogP contribution is -2.48. The summed E-state index contributed by atoms with van der Waals surface area (Å²) in [4.78, 5) is 44.2. The number of halogens is 1. The van der Waals surface area contributed by atoms with Crippen molar-refractivity contribution in [3.63, 3.8) is 0 Å². The normalized spacial score (nSPS) is 14.1. The van der Waals surface area contributed by atoms with Crippen molar-refractivity contribution in [3.8, 4) is 10.6 Å². The number of carbonyl (C=O) groups excluding carboxylic acids is 3. The zero-order chi connectivity index (χ0) is 23.4. The van der Waals surface area contributed by atoms with Crippen molar-refractivity contribution in [1.29, 1.82) is 0 Å². The van der Waals surface area contributed by atoms with E-state index in [1.807, 2.05) is 30.3 Å². The average molecular weight is 467 g/mol. The lowest BCUT2D eigenvalue weighted by Gasteiger charge is -2.31. The number of nitrogens with zero attached hydrogens (tertiary/aromatic N) is 2. The summed E-state index contributed by atoms with van der Waals surface area (Å²) >= 11 is 1.27. The Kier molecular flexibility index (Phi) is 6.79. The highest BCUT2D eigenvalue weighted by Gasteiger charge is 2.28. The molecule has 9 heteroatoms. The number of piperidine rings is 1. The number of hydrazine groups is 1. The van der Waals surface area contributed by atoms with E-state index in [1.165, 1.54) is 35.6 Å². The van der Waals surface area contributed by atoms with E-state index in [0.717, 1.165) is 10.6 Å². The van der Waals surface area contributed by atoms with Crippen molar-refractivity contribution in [2.24, 2.45) is 5.92 Å². The maximum Gasteiger partial charge on any atom is 0.281 e. The lowest BCUT2D eigenvalue weighted by molar-refractivity contribution is -0.127. The van der Waals surface area contributed by atoms with E-state index in [2.05, 4.69) is 15.8 Å². The van der Waals surface area contributed by atoms with Gasteiger partial charge in [0.25, 0.3) is 11.8 Å². The first kappa shape index (κ1) is 22.6. The van der Waals surface area contributed by atoms with Crippen molar-refractivity contribution < 1.29 is 18.8 Å². The highest BCUT2D eigenvalue weighted by atomic mass is 32.1. The van der Waals surface area contributed by atoms with Gasteiger partial charge in [-0.3, -0.25) is 25.2 Å². The smallest absolute Gasteiger partial charge is 0.281 e. The van der Waals surface area contributed by atoms with E-state index in [0.29, 0.717) is 42.1 Å². The van der Waals surface area contributed by atoms with Gasteiger partial charge >= 0.3 is 0 Å². The van der Waals surface area contributed by atoms with E-state index in [4.69, 9.17) is 0 Å². The minimum atomic E-state index is -0.413. The van der Waals surface area contributed by atoms with Gasteiger partial charge in [-0.25, -0.2) is 9.37 Å². The lowest BCUT2D eigenvalue weighted by atomic mass is 9.95. The van der Waals surface area contributed by atoms with E-state index < -0.39 is 11.7 Å². The number of likely N-dealkylation sites (tertiary alicyclic amines) is 1. The second-order valence-electron chi connectivity index (χ2n) is 7.82. The summed E-state index contributed by atoms with van der Waals surface area (Å²) < 4.78 is 13.1. The summed E-state index contributed by atoms with van der Waals surface area (Å²) in [6, 6.07) is 15.0. The number of hydrogen-bond acceptors (Lipinski definition) is 5. The van der Waals surface area contributed by atoms with Crippen LogP contribution in [0.5, 0.6) is 0 Å². The highest BCUT2D eigenvalue weighted by molar-refractivity contribution is 7.17. The molecule has 3 amide bonds. The fourth-order valence-corrected chi connectivity index (χ4v) is 4.68. The van der Waals surface area contributed by atoms with Gasteiger partial charge in [-0.05, 0) is 44.0 Å². The molecule has 33 heavy (non-hydrogen) atoms. The minimum absolute atomic E-state index is 0.183. The van der Waals surface area contributed by atoms with Gasteiger partial charge in [-0.2, -0.15) is 0 Å². The molecule has 1 saturated heterocycles. The Morgan fingerprint density at radius 1 is 1.00 bits per heavy atom. The molecule has 2 N–H and O–H groups in total. The number of benzene rings is 2. The second-order valence-corrected chi connectivity index (χ2v) is 8.82. The van der Waals surface area contributed by atoms with Gasteiger partial charge in [0, 0.05) is 30.1 Å². The number of carbonyl (C=O) groups is 3. The molecule has 170 valence electrons. The second kappa shape index (κ2) is 9.91. The van der Waals surface area contributed by atoms with Gasteiger partial charge in [-0.15, -0.1) is 11.3 Å². The number of amides is 3. The standard InChI is InChI=1S/C24H23FN4O3S/c1-15-20(33-23(26-15)17-5-3-2-4-6-17)22(31)28-27-21(30)16-11-13-29(14-12-16)24(32)18-7-9-19(25)10-8-18/h2-10,16H,11-14H2,1H3,(H,27,30)(H,28,31). The Bertz CT molecular complexity index is 1160. The van der Waals surface area contributed by atoms with Crippen LogP contribution in [0.15, 0.2) is 54.6 Å². The molecule has 0 saturated carbocycles. The molecular weight excluding hydrogens is 443 g/mol. The molecule has 1 aliphatic heterocycles. The summed E-state index contributed by atoms with van der Waals surface area (Å²) in [7, 11) is 0. The van der Waals surface area contributed by atoms with Crippen LogP contribution in [0.25, 0.3) is 10.6 Å². The molecule has 3 aromatic rings. The summed E-state index contributed by atoms with van der Waals surface area (Å²) in [5.41, 5.74) is 6.93. The monoisotopic (exact) mass is 466 g/mol. The number of nitrogens with one attached hydrogen (secondary N) is 2. The van der Waals surface area contributed by atoms with Crippen LogP contribution >= 0.6 is 11.3 Å². The van der Waals surface area contributed by atoms with Gasteiger partial charge in [0.1, 0.15) is 15.7 Å². The number of aryl methyl sites for hydroxylation is 1. The van der Waals surface area contributed by atoms with Gasteiger partial charge < -0.3 is 4.90 Å². The van der Waals surface area contributed by atoms with Crippen LogP contribution in [0.4, 0.5) is 4.39 Å². The molecule has 0 atom stereocenters. The van der Waals surface area contributed by atoms with Crippen molar-refractivity contribution >= 4 is 29.1 Å². The fourth-order valence-electron chi connectivity index (χ4n) is 3.71. The number of thiazole rings is 1. The predicted molar refractivity (Wildman–Crippen MR) is 123 cm³/mol. The molecule has 0 unspecified atom stereocenters. The first-order valence-electron chi connectivity index (χ1n) is 10.6. The maximum absolute atomic E-state index is 13.1. The quantitative estimate of drug-likeness (QED) is 0.575. The summed E-state index contributed by atoms with van der Waals surface area (Å²) in [6.45, 7) is 2.58. The highest BCUT2D eigenvalue weighted by Crippen LogP contribution is 2.27. The molecule has 0 radical (unpaired) electrons. The number of aromatic nitrogens is 1.